The number of ether oxygens (including phenoxy) is 1. The van der Waals surface area contributed by atoms with E-state index in [1.54, 1.807) is 19.9 Å². The van der Waals surface area contributed by atoms with Crippen LogP contribution in [0.2, 0.25) is 10.0 Å². The Labute approximate surface area is 166 Å². The van der Waals surface area contributed by atoms with Gasteiger partial charge in [0.2, 0.25) is 0 Å². The number of amides is 1. The first-order valence-electron chi connectivity index (χ1n) is 7.25. The molecular weight excluding hydrogens is 458 g/mol. The van der Waals surface area contributed by atoms with Gasteiger partial charge in [0, 0.05) is 5.02 Å². The smallest absolute Gasteiger partial charge is 0.416 e. The van der Waals surface area contributed by atoms with Gasteiger partial charge in [0.05, 0.1) is 20.7 Å². The van der Waals surface area contributed by atoms with E-state index in [2.05, 4.69) is 21.2 Å². The van der Waals surface area contributed by atoms with E-state index in [1.807, 2.05) is 0 Å². The molecule has 26 heavy (non-hydrogen) atoms. The molecule has 2 aromatic carbocycles. The number of benzene rings is 2. The van der Waals surface area contributed by atoms with Crippen molar-refractivity contribution in [2.24, 2.45) is 0 Å². The minimum Gasteiger partial charge on any atom is -0.483 e. The lowest BCUT2D eigenvalue weighted by molar-refractivity contribution is -0.137. The van der Waals surface area contributed by atoms with Gasteiger partial charge in [-0.05, 0) is 65.2 Å². The minimum absolute atomic E-state index is 0.00860. The highest BCUT2D eigenvalue weighted by Crippen LogP contribution is 2.36. The van der Waals surface area contributed by atoms with Gasteiger partial charge in [-0.1, -0.05) is 23.2 Å². The molecule has 140 valence electrons. The fourth-order valence-corrected chi connectivity index (χ4v) is 2.99. The van der Waals surface area contributed by atoms with Gasteiger partial charge in [-0.25, -0.2) is 0 Å². The summed E-state index contributed by atoms with van der Waals surface area (Å²) in [5.41, 5.74) is 0.467. The zero-order valence-corrected chi connectivity index (χ0v) is 16.7. The third kappa shape index (κ3) is 4.84. The maximum absolute atomic E-state index is 12.8. The Bertz CT molecular complexity index is 857. The maximum atomic E-state index is 12.8. The Hall–Kier alpha value is -1.44. The van der Waals surface area contributed by atoms with Gasteiger partial charge >= 0.3 is 6.18 Å². The molecule has 2 rings (SSSR count). The molecule has 0 aromatic heterocycles. The maximum Gasteiger partial charge on any atom is 0.416 e. The molecule has 0 heterocycles. The van der Waals surface area contributed by atoms with Crippen LogP contribution in [0.15, 0.2) is 28.7 Å². The average molecular weight is 471 g/mol. The predicted octanol–water partition coefficient (Wildman–Crippen LogP) is 6.41. The van der Waals surface area contributed by atoms with Crippen molar-refractivity contribution in [3.05, 3.63) is 55.5 Å². The molecule has 2 aromatic rings. The van der Waals surface area contributed by atoms with Crippen LogP contribution in [0.25, 0.3) is 0 Å². The van der Waals surface area contributed by atoms with Crippen molar-refractivity contribution in [1.29, 1.82) is 0 Å². The summed E-state index contributed by atoms with van der Waals surface area (Å²) in [6, 6.07) is 4.34. The number of carbonyl (C=O) groups is 1. The second kappa shape index (κ2) is 8.06. The van der Waals surface area contributed by atoms with Gasteiger partial charge in [0.15, 0.2) is 6.61 Å². The van der Waals surface area contributed by atoms with E-state index in [1.165, 1.54) is 0 Å². The van der Waals surface area contributed by atoms with Crippen molar-refractivity contribution < 1.29 is 22.7 Å². The Morgan fingerprint density at radius 1 is 1.23 bits per heavy atom. The highest BCUT2D eigenvalue weighted by molar-refractivity contribution is 9.10. The SMILES string of the molecule is Cc1cc(OCC(=O)Nc2cc(C(F)(F)F)ccc2Cl)c(Br)c(C)c1Cl. The molecule has 0 bridgehead atoms. The Balaban J connectivity index is 2.11. The molecule has 0 saturated carbocycles. The van der Waals surface area contributed by atoms with Crippen LogP contribution in [-0.4, -0.2) is 12.5 Å². The predicted molar refractivity (Wildman–Crippen MR) is 99.2 cm³/mol. The van der Waals surface area contributed by atoms with Crippen LogP contribution in [0, 0.1) is 13.8 Å². The van der Waals surface area contributed by atoms with Gasteiger partial charge in [-0.15, -0.1) is 0 Å². The van der Waals surface area contributed by atoms with Gasteiger partial charge in [0.1, 0.15) is 5.75 Å². The summed E-state index contributed by atoms with van der Waals surface area (Å²) in [6.07, 6.45) is -4.54. The van der Waals surface area contributed by atoms with Crippen LogP contribution in [0.3, 0.4) is 0 Å². The zero-order valence-electron chi connectivity index (χ0n) is 13.6. The van der Waals surface area contributed by atoms with Gasteiger partial charge in [-0.2, -0.15) is 13.2 Å². The van der Waals surface area contributed by atoms with Crippen LogP contribution in [0.1, 0.15) is 16.7 Å². The Morgan fingerprint density at radius 3 is 2.50 bits per heavy atom. The normalized spacial score (nSPS) is 11.4. The number of alkyl halides is 3. The van der Waals surface area contributed by atoms with Crippen LogP contribution < -0.4 is 10.1 Å². The van der Waals surface area contributed by atoms with E-state index >= 15 is 0 Å². The summed E-state index contributed by atoms with van der Waals surface area (Å²) in [5, 5.41) is 2.88. The molecule has 0 unspecified atom stereocenters. The lowest BCUT2D eigenvalue weighted by Gasteiger charge is -2.14. The van der Waals surface area contributed by atoms with Gasteiger partial charge in [0.25, 0.3) is 5.91 Å². The largest absolute Gasteiger partial charge is 0.483 e. The molecule has 0 atom stereocenters. The van der Waals surface area contributed by atoms with E-state index < -0.39 is 24.3 Å². The molecule has 0 aliphatic heterocycles. The summed E-state index contributed by atoms with van der Waals surface area (Å²) in [4.78, 5) is 12.0. The molecule has 0 aliphatic rings. The van der Waals surface area contributed by atoms with Crippen molar-refractivity contribution in [3.63, 3.8) is 0 Å². The van der Waals surface area contributed by atoms with Crippen molar-refractivity contribution in [3.8, 4) is 5.75 Å². The van der Waals surface area contributed by atoms with Gasteiger partial charge < -0.3 is 10.1 Å². The molecule has 0 spiro atoms. The molecule has 0 fully saturated rings. The number of aryl methyl sites for hydroxylation is 1. The highest BCUT2D eigenvalue weighted by Gasteiger charge is 2.31. The molecular formula is C17H13BrCl2F3NO2. The lowest BCUT2D eigenvalue weighted by Crippen LogP contribution is -2.21. The number of rotatable bonds is 4. The zero-order chi connectivity index (χ0) is 19.6. The number of hydrogen-bond donors (Lipinski definition) is 1. The van der Waals surface area contributed by atoms with E-state index in [-0.39, 0.29) is 10.7 Å². The summed E-state index contributed by atoms with van der Waals surface area (Å²) < 4.78 is 44.3. The van der Waals surface area contributed by atoms with Crippen molar-refractivity contribution >= 4 is 50.7 Å². The summed E-state index contributed by atoms with van der Waals surface area (Å²) in [5.74, 6) is -0.252. The van der Waals surface area contributed by atoms with E-state index in [0.717, 1.165) is 29.3 Å². The second-order valence-electron chi connectivity index (χ2n) is 5.47. The highest BCUT2D eigenvalue weighted by atomic mass is 79.9. The Kier molecular flexibility index (Phi) is 6.47. The van der Waals surface area contributed by atoms with Crippen LogP contribution in [-0.2, 0) is 11.0 Å². The van der Waals surface area contributed by atoms with Crippen LogP contribution in [0.5, 0.6) is 5.75 Å². The van der Waals surface area contributed by atoms with E-state index in [9.17, 15) is 18.0 Å². The molecule has 1 N–H and O–H groups in total. The van der Waals surface area contributed by atoms with E-state index in [4.69, 9.17) is 27.9 Å². The average Bonchev–Trinajstić information content (AvgIpc) is 2.56. The molecule has 1 amide bonds. The summed E-state index contributed by atoms with van der Waals surface area (Å²) in [6.45, 7) is 3.16. The lowest BCUT2D eigenvalue weighted by atomic mass is 10.1. The first kappa shape index (κ1) is 20.9. The first-order valence-corrected chi connectivity index (χ1v) is 8.80. The standard InChI is InChI=1S/C17H13BrCl2F3NO2/c1-8-5-13(15(18)9(2)16(8)20)26-7-14(25)24-12-6-10(17(21,22)23)3-4-11(12)19/h3-6H,7H2,1-2H3,(H,24,25). The number of hydrogen-bond acceptors (Lipinski definition) is 2. The quantitative estimate of drug-likeness (QED) is 0.560. The van der Waals surface area contributed by atoms with Gasteiger partial charge in [-0.3, -0.25) is 4.79 Å². The molecule has 0 saturated heterocycles. The molecule has 9 heteroatoms. The fourth-order valence-electron chi connectivity index (χ4n) is 2.13. The monoisotopic (exact) mass is 469 g/mol. The van der Waals surface area contributed by atoms with Crippen molar-refractivity contribution in [2.75, 3.05) is 11.9 Å². The molecule has 0 aliphatic carbocycles. The fraction of sp³-hybridized carbons (Fsp3) is 0.235. The second-order valence-corrected chi connectivity index (χ2v) is 7.05. The number of halogens is 6. The summed E-state index contributed by atoms with van der Waals surface area (Å²) >= 11 is 15.3. The van der Waals surface area contributed by atoms with Crippen molar-refractivity contribution in [1.82, 2.24) is 0 Å². The number of anilines is 1. The Morgan fingerprint density at radius 2 is 1.88 bits per heavy atom. The minimum atomic E-state index is -4.54. The first-order chi connectivity index (χ1) is 12.0. The third-order valence-corrected chi connectivity index (χ3v) is 5.39. The topological polar surface area (TPSA) is 38.3 Å². The van der Waals surface area contributed by atoms with Crippen LogP contribution >= 0.6 is 39.1 Å². The number of carbonyl (C=O) groups excluding carboxylic acids is 1. The molecule has 3 nitrogen and oxygen atoms in total. The third-order valence-electron chi connectivity index (χ3n) is 3.50. The van der Waals surface area contributed by atoms with Crippen molar-refractivity contribution in [2.45, 2.75) is 20.0 Å². The number of nitrogens with one attached hydrogen (secondary N) is 1. The van der Waals surface area contributed by atoms with Crippen LogP contribution in [0.4, 0.5) is 18.9 Å². The van der Waals surface area contributed by atoms with E-state index in [0.29, 0.717) is 15.2 Å². The molecule has 0 radical (unpaired) electrons. The summed E-state index contributed by atoms with van der Waals surface area (Å²) in [7, 11) is 0.